The fourth-order valence-corrected chi connectivity index (χ4v) is 4.39. The highest BCUT2D eigenvalue weighted by Gasteiger charge is 2.33. The van der Waals surface area contributed by atoms with Crippen LogP contribution in [0.2, 0.25) is 0 Å². The Morgan fingerprint density at radius 2 is 1.96 bits per heavy atom. The second-order valence-corrected chi connectivity index (χ2v) is 7.34. The van der Waals surface area contributed by atoms with Crippen molar-refractivity contribution in [1.82, 2.24) is 5.32 Å². The molecular weight excluding hydrogens is 328 g/mol. The van der Waals surface area contributed by atoms with Gasteiger partial charge >= 0.3 is 0 Å². The third-order valence-corrected chi connectivity index (χ3v) is 5.84. The fraction of sp³-hybridized carbons (Fsp3) is 0.571. The van der Waals surface area contributed by atoms with Gasteiger partial charge in [-0.2, -0.15) is 0 Å². The second-order valence-electron chi connectivity index (χ2n) is 7.34. The van der Waals surface area contributed by atoms with Gasteiger partial charge in [0, 0.05) is 17.9 Å². The Morgan fingerprint density at radius 1 is 1.27 bits per heavy atom. The zero-order valence-electron chi connectivity index (χ0n) is 16.0. The van der Waals surface area contributed by atoms with Crippen molar-refractivity contribution in [3.8, 4) is 11.5 Å². The first-order valence-electron chi connectivity index (χ1n) is 9.66. The molecule has 0 bridgehead atoms. The van der Waals surface area contributed by atoms with E-state index in [4.69, 9.17) is 9.47 Å². The molecule has 1 aromatic rings. The number of benzene rings is 1. The normalized spacial score (nSPS) is 22.5. The molecule has 0 spiro atoms. The summed E-state index contributed by atoms with van der Waals surface area (Å²) in [4.78, 5) is 13.9. The highest BCUT2D eigenvalue weighted by Crippen LogP contribution is 2.34. The smallest absolute Gasteiger partial charge is 0.223 e. The molecule has 1 aromatic carbocycles. The van der Waals surface area contributed by atoms with Crippen LogP contribution in [-0.2, 0) is 11.2 Å². The van der Waals surface area contributed by atoms with Crippen LogP contribution in [0.4, 0.5) is 0 Å². The van der Waals surface area contributed by atoms with Crippen LogP contribution in [-0.4, -0.2) is 39.8 Å². The maximum absolute atomic E-state index is 12.5. The van der Waals surface area contributed by atoms with Gasteiger partial charge < -0.3 is 19.7 Å². The molecule has 2 aliphatic rings. The van der Waals surface area contributed by atoms with Crippen molar-refractivity contribution in [3.63, 3.8) is 0 Å². The summed E-state index contributed by atoms with van der Waals surface area (Å²) in [6.45, 7) is 6.48. The van der Waals surface area contributed by atoms with Crippen molar-refractivity contribution in [3.05, 3.63) is 35.9 Å². The molecule has 142 valence electrons. The summed E-state index contributed by atoms with van der Waals surface area (Å²) >= 11 is 0. The van der Waals surface area contributed by atoms with E-state index in [2.05, 4.69) is 24.0 Å². The molecule has 2 atom stereocenters. The molecule has 2 N–H and O–H groups in total. The van der Waals surface area contributed by atoms with E-state index in [1.165, 1.54) is 28.9 Å². The summed E-state index contributed by atoms with van der Waals surface area (Å²) in [5.74, 6) is 1.93. The Balaban J connectivity index is 1.82. The number of rotatable bonds is 7. The summed E-state index contributed by atoms with van der Waals surface area (Å²) in [5.41, 5.74) is 2.54. The van der Waals surface area contributed by atoms with Crippen LogP contribution in [0.1, 0.15) is 42.9 Å². The van der Waals surface area contributed by atoms with E-state index in [9.17, 15) is 4.79 Å². The number of nitrogens with one attached hydrogen (secondary N) is 2. The molecule has 1 saturated carbocycles. The summed E-state index contributed by atoms with van der Waals surface area (Å²) in [7, 11) is 3.33. The van der Waals surface area contributed by atoms with Gasteiger partial charge in [-0.15, -0.1) is 0 Å². The molecule has 0 aromatic heterocycles. The zero-order valence-corrected chi connectivity index (χ0v) is 16.0. The minimum absolute atomic E-state index is 0.200. The Kier molecular flexibility index (Phi) is 6.20. The van der Waals surface area contributed by atoms with Crippen molar-refractivity contribution in [1.29, 1.82) is 0 Å². The number of quaternary nitrogens is 1. The third kappa shape index (κ3) is 3.88. The lowest BCUT2D eigenvalue weighted by atomic mass is 9.91. The predicted molar refractivity (Wildman–Crippen MR) is 102 cm³/mol. The molecule has 3 rings (SSSR count). The molecule has 1 unspecified atom stereocenters. The molecule has 1 aliphatic carbocycles. The molecule has 0 radical (unpaired) electrons. The van der Waals surface area contributed by atoms with Crippen LogP contribution >= 0.6 is 0 Å². The van der Waals surface area contributed by atoms with Gasteiger partial charge in [-0.3, -0.25) is 4.79 Å². The second kappa shape index (κ2) is 8.58. The monoisotopic (exact) mass is 359 g/mol. The number of fused-ring (bicyclic) bond motifs is 1. The van der Waals surface area contributed by atoms with Gasteiger partial charge in [0.05, 0.1) is 33.9 Å². The number of carbonyl (C=O) groups is 1. The SMILES string of the molecule is C=CC[NH+]1CCc2cc(OC)c(OC)cc2[C@@H]1CNC(=O)C1CCCC1. The number of hydrogen-bond donors (Lipinski definition) is 2. The average molecular weight is 359 g/mol. The maximum Gasteiger partial charge on any atom is 0.223 e. The van der Waals surface area contributed by atoms with Crippen LogP contribution in [0, 0.1) is 5.92 Å². The Hall–Kier alpha value is -2.01. The molecule has 0 saturated heterocycles. The van der Waals surface area contributed by atoms with Gasteiger partial charge in [-0.05, 0) is 36.6 Å². The molecule has 26 heavy (non-hydrogen) atoms. The minimum atomic E-state index is 0.200. The topological polar surface area (TPSA) is 52.0 Å². The van der Waals surface area contributed by atoms with Gasteiger partial charge in [-0.1, -0.05) is 19.4 Å². The Morgan fingerprint density at radius 3 is 2.62 bits per heavy atom. The van der Waals surface area contributed by atoms with E-state index in [0.717, 1.165) is 43.9 Å². The fourth-order valence-electron chi connectivity index (χ4n) is 4.39. The van der Waals surface area contributed by atoms with Gasteiger partial charge in [0.25, 0.3) is 0 Å². The maximum atomic E-state index is 12.5. The zero-order chi connectivity index (χ0) is 18.5. The van der Waals surface area contributed by atoms with Gasteiger partial charge in [-0.25, -0.2) is 0 Å². The first kappa shape index (κ1) is 18.8. The quantitative estimate of drug-likeness (QED) is 0.729. The number of ether oxygens (including phenoxy) is 2. The number of amides is 1. The predicted octanol–water partition coefficient (Wildman–Crippen LogP) is 1.68. The molecule has 5 nitrogen and oxygen atoms in total. The van der Waals surface area contributed by atoms with E-state index in [-0.39, 0.29) is 17.9 Å². The number of hydrogen-bond acceptors (Lipinski definition) is 3. The molecule has 1 fully saturated rings. The summed E-state index contributed by atoms with van der Waals surface area (Å²) in [6, 6.07) is 4.38. The summed E-state index contributed by atoms with van der Waals surface area (Å²) in [6.07, 6.45) is 7.37. The first-order valence-corrected chi connectivity index (χ1v) is 9.66. The van der Waals surface area contributed by atoms with Crippen LogP contribution < -0.4 is 19.7 Å². The van der Waals surface area contributed by atoms with Crippen LogP contribution in [0.25, 0.3) is 0 Å². The number of carbonyl (C=O) groups excluding carboxylic acids is 1. The van der Waals surface area contributed by atoms with Crippen molar-refractivity contribution in [2.24, 2.45) is 5.92 Å². The lowest BCUT2D eigenvalue weighted by Crippen LogP contribution is -3.13. The van der Waals surface area contributed by atoms with Gasteiger partial charge in [0.15, 0.2) is 11.5 Å². The minimum Gasteiger partial charge on any atom is -0.493 e. The first-order chi connectivity index (χ1) is 12.7. The molecule has 1 amide bonds. The van der Waals surface area contributed by atoms with Crippen LogP contribution in [0.15, 0.2) is 24.8 Å². The van der Waals surface area contributed by atoms with Crippen molar-refractivity contribution in [2.75, 3.05) is 33.9 Å². The van der Waals surface area contributed by atoms with E-state index >= 15 is 0 Å². The molecular formula is C21H31N2O3+. The van der Waals surface area contributed by atoms with Crippen molar-refractivity contribution in [2.45, 2.75) is 38.1 Å². The number of methoxy groups -OCH3 is 2. The van der Waals surface area contributed by atoms with Crippen molar-refractivity contribution < 1.29 is 19.2 Å². The Bertz CT molecular complexity index is 653. The average Bonchev–Trinajstić information content (AvgIpc) is 3.20. The Labute approximate surface area is 156 Å². The third-order valence-electron chi connectivity index (χ3n) is 5.84. The van der Waals surface area contributed by atoms with Crippen LogP contribution in [0.5, 0.6) is 11.5 Å². The standard InChI is InChI=1S/C21H30N2O3/c1-4-10-23-11-9-16-12-19(25-2)20(26-3)13-17(16)18(23)14-22-21(24)15-7-5-6-8-15/h4,12-13,15,18H,1,5-11,14H2,2-3H3,(H,22,24)/p+1/t18-/m0/s1. The van der Waals surface area contributed by atoms with Gasteiger partial charge in [0.2, 0.25) is 5.91 Å². The van der Waals surface area contributed by atoms with Crippen LogP contribution in [0.3, 0.4) is 0 Å². The van der Waals surface area contributed by atoms with E-state index in [1.807, 2.05) is 6.08 Å². The molecule has 1 aliphatic heterocycles. The molecule has 5 heteroatoms. The van der Waals surface area contributed by atoms with E-state index in [1.54, 1.807) is 14.2 Å². The largest absolute Gasteiger partial charge is 0.493 e. The summed E-state index contributed by atoms with van der Waals surface area (Å²) < 4.78 is 11.0. The van der Waals surface area contributed by atoms with E-state index < -0.39 is 0 Å². The highest BCUT2D eigenvalue weighted by atomic mass is 16.5. The highest BCUT2D eigenvalue weighted by molar-refractivity contribution is 5.78. The van der Waals surface area contributed by atoms with Crippen molar-refractivity contribution >= 4 is 5.91 Å². The lowest BCUT2D eigenvalue weighted by Gasteiger charge is -2.34. The lowest BCUT2D eigenvalue weighted by molar-refractivity contribution is -0.927. The molecule has 1 heterocycles. The van der Waals surface area contributed by atoms with Gasteiger partial charge in [0.1, 0.15) is 6.04 Å². The van der Waals surface area contributed by atoms with E-state index in [0.29, 0.717) is 6.54 Å². The summed E-state index contributed by atoms with van der Waals surface area (Å²) in [5, 5.41) is 3.22.